The van der Waals surface area contributed by atoms with Crippen LogP contribution in [-0.2, 0) is 9.53 Å². The molecule has 1 aromatic rings. The molecular weight excluding hydrogens is 420 g/mol. The van der Waals surface area contributed by atoms with Gasteiger partial charge in [0.25, 0.3) is 0 Å². The van der Waals surface area contributed by atoms with Crippen molar-refractivity contribution in [1.82, 2.24) is 10.2 Å². The standard InChI is InChI=1S/C26H42N2O5/c1-6-32-24(30)27-19-25(16-20(2)3,17-23(29)33-22-13-8-7-9-14-22)26(31)15-11-10-12-21(26)18-28(4)5/h7-9,13-14,20-21,31H,6,10-12,15-19H2,1-5H3,(H,27,30)/t21-,25-,26-/m1/s1. The molecule has 0 bridgehead atoms. The molecule has 2 rings (SSSR count). The van der Waals surface area contributed by atoms with Gasteiger partial charge in [0, 0.05) is 24.4 Å². The van der Waals surface area contributed by atoms with Gasteiger partial charge < -0.3 is 24.8 Å². The summed E-state index contributed by atoms with van der Waals surface area (Å²) in [6.07, 6.45) is 3.43. The minimum absolute atomic E-state index is 0.00685. The molecule has 1 fully saturated rings. The van der Waals surface area contributed by atoms with Crippen molar-refractivity contribution in [3.63, 3.8) is 0 Å². The van der Waals surface area contributed by atoms with E-state index in [9.17, 15) is 14.7 Å². The van der Waals surface area contributed by atoms with Crippen molar-refractivity contribution >= 4 is 12.1 Å². The van der Waals surface area contributed by atoms with E-state index in [0.717, 1.165) is 19.3 Å². The molecule has 1 aliphatic rings. The third kappa shape index (κ3) is 7.44. The van der Waals surface area contributed by atoms with Gasteiger partial charge in [-0.1, -0.05) is 44.9 Å². The number of esters is 1. The highest BCUT2D eigenvalue weighted by atomic mass is 16.5. The Kier molecular flexibility index (Phi) is 10.2. The number of nitrogens with zero attached hydrogens (tertiary/aromatic N) is 1. The maximum atomic E-state index is 13.2. The molecular formula is C26H42N2O5. The molecule has 0 heterocycles. The quantitative estimate of drug-likeness (QED) is 0.378. The van der Waals surface area contributed by atoms with Crippen molar-refractivity contribution in [2.75, 3.05) is 33.8 Å². The highest BCUT2D eigenvalue weighted by Crippen LogP contribution is 2.51. The summed E-state index contributed by atoms with van der Waals surface area (Å²) in [5.74, 6) is 0.243. The molecule has 1 saturated carbocycles. The van der Waals surface area contributed by atoms with E-state index in [0.29, 0.717) is 25.1 Å². The normalized spacial score (nSPS) is 22.6. The average Bonchev–Trinajstić information content (AvgIpc) is 2.74. The Morgan fingerprint density at radius 2 is 1.94 bits per heavy atom. The molecule has 0 saturated heterocycles. The molecule has 7 heteroatoms. The second-order valence-corrected chi connectivity index (χ2v) is 10.0. The number of carbonyl (C=O) groups excluding carboxylic acids is 2. The van der Waals surface area contributed by atoms with Gasteiger partial charge in [0.15, 0.2) is 0 Å². The Labute approximate surface area is 198 Å². The largest absolute Gasteiger partial charge is 0.450 e. The lowest BCUT2D eigenvalue weighted by Crippen LogP contribution is -2.62. The maximum absolute atomic E-state index is 13.2. The third-order valence-corrected chi connectivity index (χ3v) is 6.64. The van der Waals surface area contributed by atoms with Crippen LogP contribution in [0.5, 0.6) is 5.75 Å². The Morgan fingerprint density at radius 3 is 2.55 bits per heavy atom. The Balaban J connectivity index is 2.44. The van der Waals surface area contributed by atoms with Crippen LogP contribution < -0.4 is 10.1 Å². The SMILES string of the molecule is CCOC(=O)NC[C@](CC(=O)Oc1ccccc1)(CC(C)C)[C@@]1(O)CCCC[C@@H]1CN(C)C. The van der Waals surface area contributed by atoms with Crippen molar-refractivity contribution in [2.45, 2.75) is 64.9 Å². The number of hydrogen-bond acceptors (Lipinski definition) is 6. The second kappa shape index (κ2) is 12.4. The van der Waals surface area contributed by atoms with Gasteiger partial charge in [-0.25, -0.2) is 4.79 Å². The number of ether oxygens (including phenoxy) is 2. The lowest BCUT2D eigenvalue weighted by Gasteiger charge is -2.54. The maximum Gasteiger partial charge on any atom is 0.407 e. The molecule has 1 aromatic carbocycles. The molecule has 33 heavy (non-hydrogen) atoms. The third-order valence-electron chi connectivity index (χ3n) is 6.64. The van der Waals surface area contributed by atoms with E-state index in [4.69, 9.17) is 9.47 Å². The minimum Gasteiger partial charge on any atom is -0.450 e. The number of rotatable bonds is 11. The zero-order valence-corrected chi connectivity index (χ0v) is 20.9. The van der Waals surface area contributed by atoms with Crippen molar-refractivity contribution in [2.24, 2.45) is 17.3 Å². The van der Waals surface area contributed by atoms with Crippen molar-refractivity contribution in [1.29, 1.82) is 0 Å². The van der Waals surface area contributed by atoms with E-state index in [1.165, 1.54) is 0 Å². The van der Waals surface area contributed by atoms with Crippen LogP contribution >= 0.6 is 0 Å². The average molecular weight is 463 g/mol. The monoisotopic (exact) mass is 462 g/mol. The summed E-state index contributed by atoms with van der Waals surface area (Å²) in [6, 6.07) is 8.97. The van der Waals surface area contributed by atoms with Crippen LogP contribution in [0.3, 0.4) is 0 Å². The van der Waals surface area contributed by atoms with Crippen molar-refractivity contribution < 1.29 is 24.2 Å². The van der Waals surface area contributed by atoms with Crippen molar-refractivity contribution in [3.8, 4) is 5.75 Å². The summed E-state index contributed by atoms with van der Waals surface area (Å²) in [6.45, 7) is 7.02. The molecule has 0 spiro atoms. The van der Waals surface area contributed by atoms with E-state index in [-0.39, 0.29) is 31.4 Å². The van der Waals surface area contributed by atoms with Crippen LogP contribution in [0.25, 0.3) is 0 Å². The van der Waals surface area contributed by atoms with Crippen LogP contribution in [0.4, 0.5) is 4.79 Å². The highest BCUT2D eigenvalue weighted by Gasteiger charge is 2.56. The predicted octanol–water partition coefficient (Wildman–Crippen LogP) is 4.24. The van der Waals surface area contributed by atoms with Gasteiger partial charge in [0.05, 0.1) is 18.6 Å². The van der Waals surface area contributed by atoms with E-state index in [2.05, 4.69) is 24.1 Å². The number of aliphatic hydroxyl groups is 1. The summed E-state index contributed by atoms with van der Waals surface area (Å²) < 4.78 is 10.8. The van der Waals surface area contributed by atoms with Crippen LogP contribution in [0.15, 0.2) is 30.3 Å². The Hall–Kier alpha value is -2.12. The molecule has 1 amide bonds. The predicted molar refractivity (Wildman–Crippen MR) is 129 cm³/mol. The van der Waals surface area contributed by atoms with Gasteiger partial charge in [0.2, 0.25) is 0 Å². The molecule has 0 aromatic heterocycles. The van der Waals surface area contributed by atoms with Crippen LogP contribution in [0.1, 0.15) is 59.3 Å². The lowest BCUT2D eigenvalue weighted by atomic mass is 9.56. The molecule has 2 N–H and O–H groups in total. The van der Waals surface area contributed by atoms with Crippen LogP contribution in [0, 0.1) is 17.3 Å². The zero-order valence-electron chi connectivity index (χ0n) is 20.9. The van der Waals surface area contributed by atoms with Crippen LogP contribution in [-0.4, -0.2) is 61.5 Å². The van der Waals surface area contributed by atoms with Gasteiger partial charge >= 0.3 is 12.1 Å². The number of alkyl carbamates (subject to hydrolysis) is 1. The summed E-state index contributed by atoms with van der Waals surface area (Å²) in [4.78, 5) is 27.6. The molecule has 0 aliphatic heterocycles. The first-order valence-electron chi connectivity index (χ1n) is 12.2. The second-order valence-electron chi connectivity index (χ2n) is 10.0. The number of nitrogens with one attached hydrogen (secondary N) is 1. The van der Waals surface area contributed by atoms with Gasteiger partial charge in [-0.3, -0.25) is 4.79 Å². The molecule has 7 nitrogen and oxygen atoms in total. The van der Waals surface area contributed by atoms with E-state index >= 15 is 0 Å². The highest BCUT2D eigenvalue weighted by molar-refractivity contribution is 5.74. The fourth-order valence-electron chi connectivity index (χ4n) is 5.44. The number of amides is 1. The van der Waals surface area contributed by atoms with Gasteiger partial charge in [-0.05, 0) is 58.3 Å². The number of benzene rings is 1. The molecule has 0 radical (unpaired) electrons. The first-order chi connectivity index (χ1) is 15.6. The first-order valence-corrected chi connectivity index (χ1v) is 12.2. The topological polar surface area (TPSA) is 88.1 Å². The van der Waals surface area contributed by atoms with Gasteiger partial charge in [-0.15, -0.1) is 0 Å². The fraction of sp³-hybridized carbons (Fsp3) is 0.692. The molecule has 3 atom stereocenters. The molecule has 1 aliphatic carbocycles. The number of carbonyl (C=O) groups is 2. The smallest absolute Gasteiger partial charge is 0.407 e. The van der Waals surface area contributed by atoms with E-state index in [1.54, 1.807) is 19.1 Å². The van der Waals surface area contributed by atoms with E-state index in [1.807, 2.05) is 32.3 Å². The van der Waals surface area contributed by atoms with Crippen molar-refractivity contribution in [3.05, 3.63) is 30.3 Å². The number of para-hydroxylation sites is 1. The van der Waals surface area contributed by atoms with Gasteiger partial charge in [-0.2, -0.15) is 0 Å². The lowest BCUT2D eigenvalue weighted by molar-refractivity contribution is -0.172. The summed E-state index contributed by atoms with van der Waals surface area (Å²) >= 11 is 0. The molecule has 0 unspecified atom stereocenters. The number of hydrogen-bond donors (Lipinski definition) is 2. The molecule has 186 valence electrons. The summed E-state index contributed by atoms with van der Waals surface area (Å²) in [5.41, 5.74) is -2.02. The Morgan fingerprint density at radius 1 is 1.24 bits per heavy atom. The van der Waals surface area contributed by atoms with Gasteiger partial charge in [0.1, 0.15) is 5.75 Å². The fourth-order valence-corrected chi connectivity index (χ4v) is 5.44. The van der Waals surface area contributed by atoms with Crippen LogP contribution in [0.2, 0.25) is 0 Å². The van der Waals surface area contributed by atoms with E-state index < -0.39 is 23.1 Å². The first kappa shape index (κ1) is 27.1. The zero-order chi connectivity index (χ0) is 24.5. The Bertz CT molecular complexity index is 754. The summed E-state index contributed by atoms with van der Waals surface area (Å²) in [5, 5.41) is 15.2. The minimum atomic E-state index is -1.13. The summed E-state index contributed by atoms with van der Waals surface area (Å²) in [7, 11) is 4.00.